The standard InChI is InChI=1S/C25H27F3N2O4/c1-14-11-19(12-15(2)21(14)31)30(23(32)34-24(4,5)6)13-20-16(3)29-22(33-20)17-7-9-18(10-8-17)25(26,27)28/h7-12,31H,13H2,1-6H3. The molecule has 1 aromatic heterocycles. The lowest BCUT2D eigenvalue weighted by Gasteiger charge is -2.27. The number of aromatic nitrogens is 1. The Kier molecular flexibility index (Phi) is 6.68. The maximum Gasteiger partial charge on any atom is 0.416 e. The van der Waals surface area contributed by atoms with Gasteiger partial charge in [-0.3, -0.25) is 4.90 Å². The second kappa shape index (κ2) is 9.04. The predicted octanol–water partition coefficient (Wildman–Crippen LogP) is 6.93. The number of carbonyl (C=O) groups is 1. The molecule has 0 aliphatic rings. The number of rotatable bonds is 4. The van der Waals surface area contributed by atoms with Crippen molar-refractivity contribution in [3.05, 3.63) is 64.5 Å². The number of hydrogen-bond donors (Lipinski definition) is 1. The van der Waals surface area contributed by atoms with Crippen LogP contribution in [-0.4, -0.2) is 21.8 Å². The summed E-state index contributed by atoms with van der Waals surface area (Å²) < 4.78 is 50.0. The van der Waals surface area contributed by atoms with Crippen LogP contribution >= 0.6 is 0 Å². The molecule has 3 rings (SSSR count). The Labute approximate surface area is 196 Å². The van der Waals surface area contributed by atoms with Crippen LogP contribution in [0.15, 0.2) is 40.8 Å². The number of carbonyl (C=O) groups excluding carboxylic acids is 1. The second-order valence-electron chi connectivity index (χ2n) is 9.10. The van der Waals surface area contributed by atoms with Crippen molar-refractivity contribution < 1.29 is 32.2 Å². The molecule has 0 fully saturated rings. The zero-order valence-corrected chi connectivity index (χ0v) is 19.9. The topological polar surface area (TPSA) is 75.8 Å². The molecule has 0 saturated heterocycles. The van der Waals surface area contributed by atoms with Gasteiger partial charge in [-0.25, -0.2) is 9.78 Å². The number of ether oxygens (including phenoxy) is 1. The molecule has 0 bridgehead atoms. The summed E-state index contributed by atoms with van der Waals surface area (Å²) in [5, 5.41) is 10.1. The van der Waals surface area contributed by atoms with E-state index in [1.165, 1.54) is 17.0 Å². The average molecular weight is 476 g/mol. The molecule has 0 aliphatic carbocycles. The number of aryl methyl sites for hydroxylation is 3. The Morgan fingerprint density at radius 2 is 1.62 bits per heavy atom. The minimum atomic E-state index is -4.44. The number of nitrogens with zero attached hydrogens (tertiary/aromatic N) is 2. The van der Waals surface area contributed by atoms with Gasteiger partial charge in [0, 0.05) is 11.3 Å². The predicted molar refractivity (Wildman–Crippen MR) is 122 cm³/mol. The maximum atomic E-state index is 13.1. The van der Waals surface area contributed by atoms with Gasteiger partial charge in [-0.2, -0.15) is 13.2 Å². The molecule has 0 saturated carbocycles. The smallest absolute Gasteiger partial charge is 0.416 e. The van der Waals surface area contributed by atoms with Crippen molar-refractivity contribution in [2.75, 3.05) is 4.90 Å². The summed E-state index contributed by atoms with van der Waals surface area (Å²) in [5.74, 6) is 0.626. The number of anilines is 1. The number of alkyl halides is 3. The normalized spacial score (nSPS) is 12.0. The molecular weight excluding hydrogens is 449 g/mol. The molecule has 1 heterocycles. The first-order valence-electron chi connectivity index (χ1n) is 10.6. The lowest BCUT2D eigenvalue weighted by molar-refractivity contribution is -0.137. The Hall–Kier alpha value is -3.49. The third-order valence-corrected chi connectivity index (χ3v) is 5.05. The van der Waals surface area contributed by atoms with E-state index in [1.807, 2.05) is 0 Å². The van der Waals surface area contributed by atoms with Crippen LogP contribution in [0, 0.1) is 20.8 Å². The lowest BCUT2D eigenvalue weighted by atomic mass is 10.1. The Morgan fingerprint density at radius 3 is 2.12 bits per heavy atom. The van der Waals surface area contributed by atoms with Crippen molar-refractivity contribution >= 4 is 11.8 Å². The van der Waals surface area contributed by atoms with Crippen molar-refractivity contribution in [3.8, 4) is 17.2 Å². The molecule has 0 radical (unpaired) electrons. The molecule has 0 unspecified atom stereocenters. The Balaban J connectivity index is 1.97. The number of oxazole rings is 1. The highest BCUT2D eigenvalue weighted by Crippen LogP contribution is 2.33. The average Bonchev–Trinajstić information content (AvgIpc) is 3.08. The van der Waals surface area contributed by atoms with Gasteiger partial charge in [-0.05, 0) is 89.1 Å². The van der Waals surface area contributed by atoms with Crippen molar-refractivity contribution in [1.82, 2.24) is 4.98 Å². The second-order valence-corrected chi connectivity index (χ2v) is 9.10. The molecule has 9 heteroatoms. The third kappa shape index (κ3) is 5.70. The van der Waals surface area contributed by atoms with E-state index in [0.29, 0.717) is 33.8 Å². The van der Waals surface area contributed by atoms with Crippen LogP contribution in [0.3, 0.4) is 0 Å². The minimum Gasteiger partial charge on any atom is -0.507 e. The molecule has 1 amide bonds. The molecule has 182 valence electrons. The zero-order chi connectivity index (χ0) is 25.4. The number of hydrogen-bond acceptors (Lipinski definition) is 5. The van der Waals surface area contributed by atoms with Gasteiger partial charge in [0.1, 0.15) is 17.1 Å². The highest BCUT2D eigenvalue weighted by atomic mass is 19.4. The fraction of sp³-hybridized carbons (Fsp3) is 0.360. The van der Waals surface area contributed by atoms with Crippen molar-refractivity contribution in [1.29, 1.82) is 0 Å². The Morgan fingerprint density at radius 1 is 1.06 bits per heavy atom. The first-order valence-corrected chi connectivity index (χ1v) is 10.6. The molecule has 0 atom stereocenters. The summed E-state index contributed by atoms with van der Waals surface area (Å²) in [7, 11) is 0. The van der Waals surface area contributed by atoms with Gasteiger partial charge in [-0.1, -0.05) is 0 Å². The van der Waals surface area contributed by atoms with Crippen LogP contribution in [0.25, 0.3) is 11.5 Å². The third-order valence-electron chi connectivity index (χ3n) is 5.05. The summed E-state index contributed by atoms with van der Waals surface area (Å²) in [6.07, 6.45) is -5.06. The van der Waals surface area contributed by atoms with Crippen LogP contribution < -0.4 is 4.90 Å². The summed E-state index contributed by atoms with van der Waals surface area (Å²) in [5.41, 5.74) is 1.01. The van der Waals surface area contributed by atoms with E-state index in [2.05, 4.69) is 4.98 Å². The van der Waals surface area contributed by atoms with E-state index in [9.17, 15) is 23.1 Å². The van der Waals surface area contributed by atoms with E-state index in [-0.39, 0.29) is 18.2 Å². The van der Waals surface area contributed by atoms with Crippen LogP contribution in [0.4, 0.5) is 23.7 Å². The number of benzene rings is 2. The van der Waals surface area contributed by atoms with Gasteiger partial charge in [-0.15, -0.1) is 0 Å². The maximum absolute atomic E-state index is 13.1. The summed E-state index contributed by atoms with van der Waals surface area (Å²) in [4.78, 5) is 18.8. The van der Waals surface area contributed by atoms with Crippen LogP contribution in [0.5, 0.6) is 5.75 Å². The van der Waals surface area contributed by atoms with E-state index in [4.69, 9.17) is 9.15 Å². The van der Waals surface area contributed by atoms with Crippen LogP contribution in [0.1, 0.15) is 48.9 Å². The largest absolute Gasteiger partial charge is 0.507 e. The van der Waals surface area contributed by atoms with Crippen LogP contribution in [-0.2, 0) is 17.5 Å². The summed E-state index contributed by atoms with van der Waals surface area (Å²) in [6, 6.07) is 7.82. The summed E-state index contributed by atoms with van der Waals surface area (Å²) in [6.45, 7) is 10.4. The molecule has 3 aromatic rings. The van der Waals surface area contributed by atoms with E-state index in [1.54, 1.807) is 53.7 Å². The zero-order valence-electron chi connectivity index (χ0n) is 19.9. The van der Waals surface area contributed by atoms with Crippen LogP contribution in [0.2, 0.25) is 0 Å². The molecule has 0 aliphatic heterocycles. The quantitative estimate of drug-likeness (QED) is 0.442. The van der Waals surface area contributed by atoms with Gasteiger partial charge in [0.15, 0.2) is 0 Å². The summed E-state index contributed by atoms with van der Waals surface area (Å²) >= 11 is 0. The lowest BCUT2D eigenvalue weighted by Crippen LogP contribution is -2.36. The first kappa shape index (κ1) is 25.1. The number of phenols is 1. The van der Waals surface area contributed by atoms with Gasteiger partial charge in [0.25, 0.3) is 0 Å². The molecule has 6 nitrogen and oxygen atoms in total. The van der Waals surface area contributed by atoms with Crippen molar-refractivity contribution in [3.63, 3.8) is 0 Å². The van der Waals surface area contributed by atoms with Gasteiger partial charge >= 0.3 is 12.3 Å². The van der Waals surface area contributed by atoms with E-state index >= 15 is 0 Å². The number of aromatic hydroxyl groups is 1. The van der Waals surface area contributed by atoms with E-state index in [0.717, 1.165) is 12.1 Å². The van der Waals surface area contributed by atoms with Gasteiger partial charge in [0.05, 0.1) is 17.8 Å². The number of halogens is 3. The molecular formula is C25H27F3N2O4. The van der Waals surface area contributed by atoms with Gasteiger partial charge in [0.2, 0.25) is 5.89 Å². The molecule has 34 heavy (non-hydrogen) atoms. The molecule has 0 spiro atoms. The van der Waals surface area contributed by atoms with Crippen molar-refractivity contribution in [2.45, 2.75) is 59.9 Å². The number of amides is 1. The molecule has 2 aromatic carbocycles. The Bertz CT molecular complexity index is 1170. The van der Waals surface area contributed by atoms with Gasteiger partial charge < -0.3 is 14.3 Å². The van der Waals surface area contributed by atoms with Crippen molar-refractivity contribution in [2.24, 2.45) is 0 Å². The highest BCUT2D eigenvalue weighted by molar-refractivity contribution is 5.88. The minimum absolute atomic E-state index is 0.0297. The van der Waals surface area contributed by atoms with E-state index < -0.39 is 23.4 Å². The first-order chi connectivity index (χ1) is 15.7. The molecule has 1 N–H and O–H groups in total. The SMILES string of the molecule is Cc1cc(N(Cc2oc(-c3ccc(C(F)(F)F)cc3)nc2C)C(=O)OC(C)(C)C)cc(C)c1O. The fourth-order valence-electron chi connectivity index (χ4n) is 3.31. The fourth-order valence-corrected chi connectivity index (χ4v) is 3.31. The number of phenolic OH excluding ortho intramolecular Hbond substituents is 1. The highest BCUT2D eigenvalue weighted by Gasteiger charge is 2.30. The monoisotopic (exact) mass is 476 g/mol.